The Hall–Kier alpha value is -2.49. The average Bonchev–Trinajstić information content (AvgIpc) is 2.94. The number of nitrogens with one attached hydrogen (secondary N) is 1. The number of piperazine rings is 1. The maximum absolute atomic E-state index is 12.4. The van der Waals surface area contributed by atoms with E-state index in [4.69, 9.17) is 0 Å². The third-order valence-electron chi connectivity index (χ3n) is 4.71. The predicted molar refractivity (Wildman–Crippen MR) is 94.9 cm³/mol. The first-order valence-electron chi connectivity index (χ1n) is 8.71. The molecule has 7 nitrogen and oxygen atoms in total. The van der Waals surface area contributed by atoms with E-state index in [-0.39, 0.29) is 38.2 Å². The van der Waals surface area contributed by atoms with Gasteiger partial charge in [0.15, 0.2) is 0 Å². The van der Waals surface area contributed by atoms with E-state index in [0.717, 1.165) is 5.69 Å². The monoisotopic (exact) mass is 385 g/mol. The summed E-state index contributed by atoms with van der Waals surface area (Å²) >= 11 is 0. The van der Waals surface area contributed by atoms with Crippen molar-refractivity contribution in [1.29, 1.82) is 0 Å². The van der Waals surface area contributed by atoms with E-state index in [0.29, 0.717) is 18.8 Å². The Kier molecular flexibility index (Phi) is 5.45. The molecule has 0 radical (unpaired) electrons. The summed E-state index contributed by atoms with van der Waals surface area (Å²) in [5.41, 5.74) is 1.32. The average molecular weight is 385 g/mol. The van der Waals surface area contributed by atoms with Gasteiger partial charge in [-0.05, 0) is 24.3 Å². The Morgan fingerprint density at radius 3 is 2.19 bits per heavy atom. The van der Waals surface area contributed by atoms with Crippen molar-refractivity contribution in [2.75, 3.05) is 63.1 Å². The van der Waals surface area contributed by atoms with Crippen LogP contribution in [0.4, 0.5) is 34.1 Å². The lowest BCUT2D eigenvalue weighted by atomic mass is 10.2. The molecule has 2 aliphatic rings. The molecule has 4 amide bonds. The van der Waals surface area contributed by atoms with Crippen LogP contribution in [-0.4, -0.2) is 85.8 Å². The largest absolute Gasteiger partial charge is 0.401 e. The molecule has 0 aliphatic carbocycles. The second-order valence-corrected chi connectivity index (χ2v) is 6.71. The summed E-state index contributed by atoms with van der Waals surface area (Å²) in [5.74, 6) is 0. The summed E-state index contributed by atoms with van der Waals surface area (Å²) in [6.07, 6.45) is -4.22. The van der Waals surface area contributed by atoms with E-state index in [1.165, 1.54) is 9.80 Å². The number of likely N-dealkylation sites (N-methyl/N-ethyl adjacent to an activating group) is 1. The number of hydrogen-bond acceptors (Lipinski definition) is 3. The molecule has 148 valence electrons. The maximum Gasteiger partial charge on any atom is 0.401 e. The van der Waals surface area contributed by atoms with Gasteiger partial charge in [-0.2, -0.15) is 13.2 Å². The van der Waals surface area contributed by atoms with Crippen molar-refractivity contribution in [3.8, 4) is 0 Å². The van der Waals surface area contributed by atoms with E-state index < -0.39 is 12.7 Å². The molecule has 1 aromatic rings. The normalized spacial score (nSPS) is 19.0. The molecule has 1 aromatic carbocycles. The fourth-order valence-corrected chi connectivity index (χ4v) is 3.18. The molecule has 2 fully saturated rings. The van der Waals surface area contributed by atoms with Gasteiger partial charge < -0.3 is 15.1 Å². The van der Waals surface area contributed by atoms with Gasteiger partial charge in [0.25, 0.3) is 0 Å². The second-order valence-electron chi connectivity index (χ2n) is 6.71. The minimum Gasteiger partial charge on any atom is -0.326 e. The number of halogens is 3. The molecule has 0 aromatic heterocycles. The summed E-state index contributed by atoms with van der Waals surface area (Å²) in [7, 11) is 1.74. The van der Waals surface area contributed by atoms with Crippen LogP contribution in [0.2, 0.25) is 0 Å². The Morgan fingerprint density at radius 2 is 1.67 bits per heavy atom. The fraction of sp³-hybridized carbons (Fsp3) is 0.529. The lowest BCUT2D eigenvalue weighted by Crippen LogP contribution is -2.51. The summed E-state index contributed by atoms with van der Waals surface area (Å²) in [4.78, 5) is 30.4. The van der Waals surface area contributed by atoms with Crippen LogP contribution in [0, 0.1) is 0 Å². The molecule has 3 rings (SSSR count). The van der Waals surface area contributed by atoms with Crippen LogP contribution >= 0.6 is 0 Å². The molecular weight excluding hydrogens is 363 g/mol. The zero-order valence-electron chi connectivity index (χ0n) is 15.0. The molecule has 1 N–H and O–H groups in total. The molecule has 2 heterocycles. The predicted octanol–water partition coefficient (Wildman–Crippen LogP) is 2.27. The summed E-state index contributed by atoms with van der Waals surface area (Å²) < 4.78 is 37.2. The highest BCUT2D eigenvalue weighted by Crippen LogP contribution is 2.22. The number of nitrogens with zero attached hydrogens (tertiary/aromatic N) is 4. The molecular formula is C17H22F3N5O2. The zero-order chi connectivity index (χ0) is 19.6. The fourth-order valence-electron chi connectivity index (χ4n) is 3.18. The minimum atomic E-state index is -4.22. The lowest BCUT2D eigenvalue weighted by molar-refractivity contribution is -0.148. The van der Waals surface area contributed by atoms with Gasteiger partial charge in [-0.25, -0.2) is 9.59 Å². The number of benzene rings is 1. The van der Waals surface area contributed by atoms with Crippen molar-refractivity contribution in [3.05, 3.63) is 24.3 Å². The van der Waals surface area contributed by atoms with Gasteiger partial charge in [0.05, 0.1) is 6.54 Å². The first-order valence-corrected chi connectivity index (χ1v) is 8.71. The number of urea groups is 2. The van der Waals surface area contributed by atoms with Crippen molar-refractivity contribution >= 4 is 23.4 Å². The van der Waals surface area contributed by atoms with Gasteiger partial charge in [0.1, 0.15) is 0 Å². The minimum absolute atomic E-state index is 0.0662. The third kappa shape index (κ3) is 4.82. The number of carbonyl (C=O) groups excluding carboxylic acids is 2. The van der Waals surface area contributed by atoms with Crippen molar-refractivity contribution in [1.82, 2.24) is 14.7 Å². The Morgan fingerprint density at radius 1 is 1.04 bits per heavy atom. The van der Waals surface area contributed by atoms with Gasteiger partial charge >= 0.3 is 18.2 Å². The quantitative estimate of drug-likeness (QED) is 0.869. The molecule has 0 unspecified atom stereocenters. The van der Waals surface area contributed by atoms with Crippen molar-refractivity contribution < 1.29 is 22.8 Å². The number of anilines is 2. The van der Waals surface area contributed by atoms with Crippen molar-refractivity contribution in [2.24, 2.45) is 0 Å². The van der Waals surface area contributed by atoms with E-state index in [1.54, 1.807) is 41.1 Å². The highest BCUT2D eigenvalue weighted by molar-refractivity contribution is 5.94. The van der Waals surface area contributed by atoms with E-state index in [2.05, 4.69) is 5.32 Å². The summed E-state index contributed by atoms with van der Waals surface area (Å²) in [6, 6.07) is 6.52. The van der Waals surface area contributed by atoms with Gasteiger partial charge in [0, 0.05) is 57.7 Å². The number of alkyl halides is 3. The van der Waals surface area contributed by atoms with Crippen LogP contribution in [0.1, 0.15) is 0 Å². The SMILES string of the molecule is CN1CCN(c2ccc(NC(=O)N3CCN(CC(F)(F)F)CC3)cc2)C1=O. The zero-order valence-corrected chi connectivity index (χ0v) is 15.0. The highest BCUT2D eigenvalue weighted by atomic mass is 19.4. The second kappa shape index (κ2) is 7.63. The maximum atomic E-state index is 12.4. The molecule has 0 spiro atoms. The summed E-state index contributed by atoms with van der Waals surface area (Å²) in [5, 5.41) is 2.74. The molecule has 0 atom stereocenters. The van der Waals surface area contributed by atoms with E-state index in [1.807, 2.05) is 0 Å². The highest BCUT2D eigenvalue weighted by Gasteiger charge is 2.33. The van der Waals surface area contributed by atoms with Crippen molar-refractivity contribution in [2.45, 2.75) is 6.18 Å². The third-order valence-corrected chi connectivity index (χ3v) is 4.71. The number of amides is 4. The van der Waals surface area contributed by atoms with Crippen LogP contribution < -0.4 is 10.2 Å². The Balaban J connectivity index is 1.51. The van der Waals surface area contributed by atoms with E-state index in [9.17, 15) is 22.8 Å². The Labute approximate surface area is 155 Å². The topological polar surface area (TPSA) is 59.1 Å². The standard InChI is InChI=1S/C17H22F3N5O2/c1-22-6-11-25(16(22)27)14-4-2-13(3-5-14)21-15(26)24-9-7-23(8-10-24)12-17(18,19)20/h2-5H,6-12H2,1H3,(H,21,26). The van der Waals surface area contributed by atoms with Crippen LogP contribution in [0.25, 0.3) is 0 Å². The molecule has 27 heavy (non-hydrogen) atoms. The smallest absolute Gasteiger partial charge is 0.326 e. The number of hydrogen-bond donors (Lipinski definition) is 1. The van der Waals surface area contributed by atoms with Gasteiger partial charge in [-0.15, -0.1) is 0 Å². The van der Waals surface area contributed by atoms with Crippen LogP contribution in [-0.2, 0) is 0 Å². The molecule has 0 bridgehead atoms. The molecule has 0 saturated carbocycles. The first kappa shape index (κ1) is 19.3. The summed E-state index contributed by atoms with van der Waals surface area (Å²) in [6.45, 7) is 1.20. The van der Waals surface area contributed by atoms with E-state index >= 15 is 0 Å². The van der Waals surface area contributed by atoms with Gasteiger partial charge in [0.2, 0.25) is 0 Å². The number of rotatable bonds is 3. The van der Waals surface area contributed by atoms with Crippen LogP contribution in [0.5, 0.6) is 0 Å². The van der Waals surface area contributed by atoms with Crippen molar-refractivity contribution in [3.63, 3.8) is 0 Å². The molecule has 2 aliphatic heterocycles. The van der Waals surface area contributed by atoms with Crippen LogP contribution in [0.3, 0.4) is 0 Å². The molecule has 10 heteroatoms. The molecule has 2 saturated heterocycles. The lowest BCUT2D eigenvalue weighted by Gasteiger charge is -2.34. The first-order chi connectivity index (χ1) is 12.7. The Bertz CT molecular complexity index is 687. The number of carbonyl (C=O) groups is 2. The van der Waals surface area contributed by atoms with Gasteiger partial charge in [-0.1, -0.05) is 0 Å². The van der Waals surface area contributed by atoms with Crippen LogP contribution in [0.15, 0.2) is 24.3 Å². The van der Waals surface area contributed by atoms with Gasteiger partial charge in [-0.3, -0.25) is 9.80 Å².